The number of benzene rings is 2. The van der Waals surface area contributed by atoms with Crippen LogP contribution in [-0.2, 0) is 16.6 Å². The van der Waals surface area contributed by atoms with E-state index in [9.17, 15) is 8.42 Å². The number of ether oxygens (including phenoxy) is 2. The smallest absolute Gasteiger partial charge is 0.240 e. The van der Waals surface area contributed by atoms with Crippen LogP contribution in [0, 0.1) is 0 Å². The van der Waals surface area contributed by atoms with Crippen LogP contribution in [0.4, 0.5) is 5.69 Å². The summed E-state index contributed by atoms with van der Waals surface area (Å²) < 4.78 is 37.1. The van der Waals surface area contributed by atoms with Gasteiger partial charge in [0.25, 0.3) is 0 Å². The number of anilines is 1. The molecule has 0 bridgehead atoms. The molecule has 2 aromatic carbocycles. The number of rotatable bonds is 5. The largest absolute Gasteiger partial charge is 0.454 e. The summed E-state index contributed by atoms with van der Waals surface area (Å²) in [4.78, 5) is 0.209. The molecule has 6 nitrogen and oxygen atoms in total. The molecule has 1 heterocycles. The minimum atomic E-state index is -3.45. The van der Waals surface area contributed by atoms with Crippen LogP contribution in [0.5, 0.6) is 11.5 Å². The van der Waals surface area contributed by atoms with Gasteiger partial charge in [0, 0.05) is 16.7 Å². The monoisotopic (exact) mass is 398 g/mol. The highest BCUT2D eigenvalue weighted by Gasteiger charge is 2.14. The van der Waals surface area contributed by atoms with E-state index < -0.39 is 10.0 Å². The van der Waals surface area contributed by atoms with Gasteiger partial charge in [-0.25, -0.2) is 13.1 Å². The van der Waals surface area contributed by atoms with Gasteiger partial charge < -0.3 is 14.8 Å². The van der Waals surface area contributed by atoms with Crippen molar-refractivity contribution < 1.29 is 17.9 Å². The van der Waals surface area contributed by atoms with Crippen molar-refractivity contribution in [3.05, 3.63) is 46.4 Å². The lowest BCUT2D eigenvalue weighted by Crippen LogP contribution is -2.18. The van der Waals surface area contributed by atoms with Crippen molar-refractivity contribution in [2.45, 2.75) is 11.4 Å². The first-order chi connectivity index (χ1) is 11.0. The Morgan fingerprint density at radius 2 is 1.91 bits per heavy atom. The average molecular weight is 399 g/mol. The Balaban J connectivity index is 1.74. The molecule has 0 radical (unpaired) electrons. The number of nitrogens with one attached hydrogen (secondary N) is 2. The summed E-state index contributed by atoms with van der Waals surface area (Å²) in [7, 11) is -2.07. The van der Waals surface area contributed by atoms with Gasteiger partial charge in [0.15, 0.2) is 11.5 Å². The topological polar surface area (TPSA) is 76.7 Å². The zero-order chi connectivity index (χ0) is 16.4. The van der Waals surface area contributed by atoms with Gasteiger partial charge in [-0.3, -0.25) is 0 Å². The highest BCUT2D eigenvalue weighted by atomic mass is 79.9. The average Bonchev–Trinajstić information content (AvgIpc) is 3.01. The number of fused-ring (bicyclic) bond motifs is 1. The molecule has 23 heavy (non-hydrogen) atoms. The van der Waals surface area contributed by atoms with Crippen LogP contribution in [0.1, 0.15) is 5.56 Å². The second kappa shape index (κ2) is 6.38. The van der Waals surface area contributed by atoms with Crippen molar-refractivity contribution in [2.75, 3.05) is 19.2 Å². The fourth-order valence-electron chi connectivity index (χ4n) is 2.17. The lowest BCUT2D eigenvalue weighted by Gasteiger charge is -2.11. The van der Waals surface area contributed by atoms with E-state index in [0.717, 1.165) is 22.7 Å². The minimum absolute atomic E-state index is 0.209. The molecule has 1 aliphatic rings. The third-order valence-electron chi connectivity index (χ3n) is 3.44. The van der Waals surface area contributed by atoms with Crippen LogP contribution >= 0.6 is 15.9 Å². The molecule has 0 unspecified atom stereocenters. The fourth-order valence-corrected chi connectivity index (χ4v) is 3.60. The Hall–Kier alpha value is -1.77. The summed E-state index contributed by atoms with van der Waals surface area (Å²) >= 11 is 3.39. The first kappa shape index (κ1) is 16.1. The summed E-state index contributed by atoms with van der Waals surface area (Å²) in [5.41, 5.74) is 1.84. The third-order valence-corrected chi connectivity index (χ3v) is 5.51. The van der Waals surface area contributed by atoms with Gasteiger partial charge in [-0.15, -0.1) is 0 Å². The quantitative estimate of drug-likeness (QED) is 0.809. The maximum absolute atomic E-state index is 11.8. The van der Waals surface area contributed by atoms with Gasteiger partial charge in [0.05, 0.1) is 4.90 Å². The second-order valence-electron chi connectivity index (χ2n) is 4.89. The maximum atomic E-state index is 11.8. The van der Waals surface area contributed by atoms with Gasteiger partial charge in [-0.05, 0) is 58.9 Å². The van der Waals surface area contributed by atoms with Gasteiger partial charge in [-0.1, -0.05) is 6.07 Å². The molecule has 122 valence electrons. The van der Waals surface area contributed by atoms with E-state index in [0.29, 0.717) is 11.0 Å². The lowest BCUT2D eigenvalue weighted by atomic mass is 10.2. The molecule has 2 aromatic rings. The van der Waals surface area contributed by atoms with Crippen molar-refractivity contribution in [2.24, 2.45) is 0 Å². The SMILES string of the molecule is CNS(=O)(=O)c1ccc(NCc2ccc3c(c2)OCO3)c(Br)c1. The summed E-state index contributed by atoms with van der Waals surface area (Å²) in [6.45, 7) is 0.826. The lowest BCUT2D eigenvalue weighted by molar-refractivity contribution is 0.174. The molecule has 0 aromatic heterocycles. The molecule has 0 aliphatic carbocycles. The molecule has 0 saturated carbocycles. The Bertz CT molecular complexity index is 839. The molecule has 0 spiro atoms. The summed E-state index contributed by atoms with van der Waals surface area (Å²) in [6.07, 6.45) is 0. The molecule has 1 aliphatic heterocycles. The van der Waals surface area contributed by atoms with Crippen molar-refractivity contribution in [1.29, 1.82) is 0 Å². The van der Waals surface area contributed by atoms with Crippen LogP contribution in [0.25, 0.3) is 0 Å². The molecule has 2 N–H and O–H groups in total. The number of halogens is 1. The standard InChI is InChI=1S/C15H15BrN2O4S/c1-17-23(19,20)11-3-4-13(12(16)7-11)18-8-10-2-5-14-15(6-10)22-9-21-14/h2-7,17-18H,8-9H2,1H3. The zero-order valence-corrected chi connectivity index (χ0v) is 14.7. The van der Waals surface area contributed by atoms with E-state index in [1.165, 1.54) is 7.05 Å². The third kappa shape index (κ3) is 3.44. The molecular weight excluding hydrogens is 384 g/mol. The van der Waals surface area contributed by atoms with Crippen LogP contribution in [-0.4, -0.2) is 22.3 Å². The van der Waals surface area contributed by atoms with E-state index in [1.807, 2.05) is 18.2 Å². The molecule has 0 fully saturated rings. The molecule has 8 heteroatoms. The van der Waals surface area contributed by atoms with Crippen LogP contribution in [0.15, 0.2) is 45.8 Å². The maximum Gasteiger partial charge on any atom is 0.240 e. The molecule has 3 rings (SSSR count). The highest BCUT2D eigenvalue weighted by Crippen LogP contribution is 2.33. The van der Waals surface area contributed by atoms with E-state index in [-0.39, 0.29) is 11.7 Å². The highest BCUT2D eigenvalue weighted by molar-refractivity contribution is 9.10. The zero-order valence-electron chi connectivity index (χ0n) is 12.3. The normalized spacial score (nSPS) is 13.1. The van der Waals surface area contributed by atoms with Crippen LogP contribution in [0.3, 0.4) is 0 Å². The summed E-state index contributed by atoms with van der Waals surface area (Å²) in [5.74, 6) is 1.48. The van der Waals surface area contributed by atoms with Gasteiger partial charge in [0.1, 0.15) is 0 Å². The Labute approximate surface area is 143 Å². The predicted molar refractivity (Wildman–Crippen MR) is 90.3 cm³/mol. The Morgan fingerprint density at radius 3 is 2.65 bits per heavy atom. The Kier molecular flexibility index (Phi) is 4.47. The second-order valence-corrected chi connectivity index (χ2v) is 7.63. The van der Waals surface area contributed by atoms with Gasteiger partial charge >= 0.3 is 0 Å². The minimum Gasteiger partial charge on any atom is -0.454 e. The number of sulfonamides is 1. The van der Waals surface area contributed by atoms with Gasteiger partial charge in [0.2, 0.25) is 16.8 Å². The first-order valence-electron chi connectivity index (χ1n) is 6.85. The first-order valence-corrected chi connectivity index (χ1v) is 9.13. The fraction of sp³-hybridized carbons (Fsp3) is 0.200. The van der Waals surface area contributed by atoms with Crippen molar-refractivity contribution >= 4 is 31.6 Å². The van der Waals surface area contributed by atoms with E-state index in [2.05, 4.69) is 26.0 Å². The van der Waals surface area contributed by atoms with Crippen molar-refractivity contribution in [1.82, 2.24) is 4.72 Å². The van der Waals surface area contributed by atoms with Crippen molar-refractivity contribution in [3.8, 4) is 11.5 Å². The molecule has 0 saturated heterocycles. The number of hydrogen-bond donors (Lipinski definition) is 2. The van der Waals surface area contributed by atoms with E-state index >= 15 is 0 Å². The van der Waals surface area contributed by atoms with E-state index in [4.69, 9.17) is 9.47 Å². The van der Waals surface area contributed by atoms with Gasteiger partial charge in [-0.2, -0.15) is 0 Å². The van der Waals surface area contributed by atoms with Crippen LogP contribution < -0.4 is 19.5 Å². The molecule has 0 atom stereocenters. The molecular formula is C15H15BrN2O4S. The van der Waals surface area contributed by atoms with E-state index in [1.54, 1.807) is 18.2 Å². The summed E-state index contributed by atoms with van der Waals surface area (Å²) in [6, 6.07) is 10.6. The number of hydrogen-bond acceptors (Lipinski definition) is 5. The summed E-state index contributed by atoms with van der Waals surface area (Å²) in [5, 5.41) is 3.26. The van der Waals surface area contributed by atoms with Crippen molar-refractivity contribution in [3.63, 3.8) is 0 Å². The molecule has 0 amide bonds. The Morgan fingerprint density at radius 1 is 1.13 bits per heavy atom. The predicted octanol–water partition coefficient (Wildman–Crippen LogP) is 2.70. The van der Waals surface area contributed by atoms with Crippen LogP contribution in [0.2, 0.25) is 0 Å².